The number of carbonyl (C=O) groups excluding carboxylic acids is 1. The molecule has 2 aliphatic rings. The van der Waals surface area contributed by atoms with E-state index in [1.807, 2.05) is 18.2 Å². The summed E-state index contributed by atoms with van der Waals surface area (Å²) in [7, 11) is 0. The molecule has 2 aliphatic heterocycles. The van der Waals surface area contributed by atoms with Crippen LogP contribution in [0.25, 0.3) is 0 Å². The highest BCUT2D eigenvalue weighted by molar-refractivity contribution is 5.85. The second kappa shape index (κ2) is 8.67. The van der Waals surface area contributed by atoms with Crippen LogP contribution in [0, 0.1) is 11.8 Å². The fraction of sp³-hybridized carbons (Fsp3) is 0.611. The van der Waals surface area contributed by atoms with Gasteiger partial charge in [0.2, 0.25) is 5.91 Å². The lowest BCUT2D eigenvalue weighted by atomic mass is 9.87. The lowest BCUT2D eigenvalue weighted by Crippen LogP contribution is -2.52. The summed E-state index contributed by atoms with van der Waals surface area (Å²) in [5.74, 6) is 0.601. The number of hydrogen-bond acceptors (Lipinski definition) is 3. The Morgan fingerprint density at radius 2 is 2.04 bits per heavy atom. The first kappa shape index (κ1) is 18.2. The number of carbonyl (C=O) groups is 1. The maximum Gasteiger partial charge on any atom is 0.226 e. The molecule has 0 bridgehead atoms. The summed E-state index contributed by atoms with van der Waals surface area (Å²) in [4.78, 5) is 12.8. The number of amides is 1. The highest BCUT2D eigenvalue weighted by atomic mass is 35.5. The van der Waals surface area contributed by atoms with Gasteiger partial charge in [0.15, 0.2) is 0 Å². The zero-order valence-electron chi connectivity index (χ0n) is 13.7. The average Bonchev–Trinajstić information content (AvgIpc) is 2.58. The number of ether oxygens (including phenoxy) is 1. The number of nitrogens with one attached hydrogen (secondary N) is 2. The van der Waals surface area contributed by atoms with Crippen LogP contribution in [-0.2, 0) is 9.53 Å². The Bertz CT molecular complexity index is 497. The Hall–Kier alpha value is -1.10. The van der Waals surface area contributed by atoms with Crippen molar-refractivity contribution in [2.75, 3.05) is 19.7 Å². The van der Waals surface area contributed by atoms with Crippen molar-refractivity contribution in [3.8, 4) is 0 Å². The van der Waals surface area contributed by atoms with Gasteiger partial charge in [-0.05, 0) is 37.3 Å². The van der Waals surface area contributed by atoms with Crippen molar-refractivity contribution in [1.29, 1.82) is 0 Å². The van der Waals surface area contributed by atoms with Gasteiger partial charge in [0, 0.05) is 19.2 Å². The van der Waals surface area contributed by atoms with Crippen molar-refractivity contribution in [2.45, 2.75) is 38.3 Å². The summed E-state index contributed by atoms with van der Waals surface area (Å²) in [5.41, 5.74) is 1.11. The first-order chi connectivity index (χ1) is 10.8. The smallest absolute Gasteiger partial charge is 0.226 e. The number of halogens is 1. The molecule has 1 aromatic carbocycles. The largest absolute Gasteiger partial charge is 0.373 e. The molecule has 0 spiro atoms. The van der Waals surface area contributed by atoms with E-state index in [0.29, 0.717) is 5.92 Å². The number of benzene rings is 1. The Morgan fingerprint density at radius 1 is 1.26 bits per heavy atom. The molecular weight excluding hydrogens is 312 g/mol. The molecule has 2 heterocycles. The van der Waals surface area contributed by atoms with Crippen LogP contribution in [0.4, 0.5) is 0 Å². The second-order valence-corrected chi connectivity index (χ2v) is 6.54. The van der Waals surface area contributed by atoms with Crippen LogP contribution >= 0.6 is 12.4 Å². The lowest BCUT2D eigenvalue weighted by Gasteiger charge is -2.35. The summed E-state index contributed by atoms with van der Waals surface area (Å²) in [6, 6.07) is 10.4. The monoisotopic (exact) mass is 338 g/mol. The van der Waals surface area contributed by atoms with Gasteiger partial charge in [0.05, 0.1) is 12.0 Å². The maximum absolute atomic E-state index is 12.8. The van der Waals surface area contributed by atoms with Crippen molar-refractivity contribution in [3.63, 3.8) is 0 Å². The summed E-state index contributed by atoms with van der Waals surface area (Å²) in [5, 5.41) is 6.63. The van der Waals surface area contributed by atoms with Crippen LogP contribution in [0.5, 0.6) is 0 Å². The summed E-state index contributed by atoms with van der Waals surface area (Å²) < 4.78 is 5.94. The maximum atomic E-state index is 12.8. The summed E-state index contributed by atoms with van der Waals surface area (Å²) in [6.07, 6.45) is 2.87. The van der Waals surface area contributed by atoms with Gasteiger partial charge >= 0.3 is 0 Å². The van der Waals surface area contributed by atoms with Crippen LogP contribution in [0.15, 0.2) is 30.3 Å². The molecular formula is C18H27ClN2O2. The van der Waals surface area contributed by atoms with Gasteiger partial charge in [-0.25, -0.2) is 0 Å². The van der Waals surface area contributed by atoms with E-state index in [-0.39, 0.29) is 36.4 Å². The van der Waals surface area contributed by atoms with Crippen molar-refractivity contribution >= 4 is 18.3 Å². The van der Waals surface area contributed by atoms with E-state index in [0.717, 1.165) is 44.5 Å². The molecule has 2 N–H and O–H groups in total. The number of rotatable bonds is 3. The van der Waals surface area contributed by atoms with Gasteiger partial charge in [-0.3, -0.25) is 4.79 Å². The zero-order chi connectivity index (χ0) is 15.4. The minimum Gasteiger partial charge on any atom is -0.373 e. The Kier molecular flexibility index (Phi) is 6.88. The van der Waals surface area contributed by atoms with E-state index in [9.17, 15) is 4.79 Å². The van der Waals surface area contributed by atoms with E-state index in [1.165, 1.54) is 0 Å². The summed E-state index contributed by atoms with van der Waals surface area (Å²) in [6.45, 7) is 4.88. The zero-order valence-corrected chi connectivity index (χ0v) is 14.5. The van der Waals surface area contributed by atoms with Crippen molar-refractivity contribution in [1.82, 2.24) is 10.6 Å². The molecule has 128 valence electrons. The van der Waals surface area contributed by atoms with Crippen LogP contribution in [0.3, 0.4) is 0 Å². The van der Waals surface area contributed by atoms with Crippen molar-refractivity contribution in [3.05, 3.63) is 35.9 Å². The molecule has 0 saturated carbocycles. The van der Waals surface area contributed by atoms with Gasteiger partial charge in [-0.2, -0.15) is 0 Å². The molecule has 0 radical (unpaired) electrons. The SMILES string of the molecule is CC1CCNCC1NC(=O)C1CCCOC1c1ccccc1.Cl. The highest BCUT2D eigenvalue weighted by Gasteiger charge is 2.34. The molecule has 1 aromatic rings. The average molecular weight is 339 g/mol. The normalized spacial score (nSPS) is 31.0. The van der Waals surface area contributed by atoms with Crippen LogP contribution < -0.4 is 10.6 Å². The fourth-order valence-corrected chi connectivity index (χ4v) is 3.49. The molecule has 0 aromatic heterocycles. The summed E-state index contributed by atoms with van der Waals surface area (Å²) >= 11 is 0. The minimum atomic E-state index is -0.109. The fourth-order valence-electron chi connectivity index (χ4n) is 3.49. The molecule has 1 amide bonds. The topological polar surface area (TPSA) is 50.4 Å². The van der Waals surface area contributed by atoms with E-state index in [1.54, 1.807) is 0 Å². The van der Waals surface area contributed by atoms with E-state index in [2.05, 4.69) is 29.7 Å². The molecule has 0 aliphatic carbocycles. The minimum absolute atomic E-state index is 0. The Morgan fingerprint density at radius 3 is 2.78 bits per heavy atom. The van der Waals surface area contributed by atoms with Gasteiger partial charge < -0.3 is 15.4 Å². The molecule has 4 atom stereocenters. The molecule has 4 nitrogen and oxygen atoms in total. The van der Waals surface area contributed by atoms with E-state index in [4.69, 9.17) is 4.74 Å². The van der Waals surface area contributed by atoms with Crippen LogP contribution in [0.1, 0.15) is 37.9 Å². The number of hydrogen-bond donors (Lipinski definition) is 2. The lowest BCUT2D eigenvalue weighted by molar-refractivity contribution is -0.136. The van der Waals surface area contributed by atoms with E-state index >= 15 is 0 Å². The molecule has 2 saturated heterocycles. The quantitative estimate of drug-likeness (QED) is 0.891. The third-order valence-electron chi connectivity index (χ3n) is 4.94. The Balaban J connectivity index is 0.00000192. The first-order valence-corrected chi connectivity index (χ1v) is 8.43. The predicted molar refractivity (Wildman–Crippen MR) is 93.7 cm³/mol. The third-order valence-corrected chi connectivity index (χ3v) is 4.94. The van der Waals surface area contributed by atoms with Gasteiger partial charge in [0.1, 0.15) is 0 Å². The first-order valence-electron chi connectivity index (χ1n) is 8.43. The molecule has 5 heteroatoms. The van der Waals surface area contributed by atoms with Crippen molar-refractivity contribution < 1.29 is 9.53 Å². The molecule has 23 heavy (non-hydrogen) atoms. The predicted octanol–water partition coefficient (Wildman–Crippen LogP) is 2.69. The van der Waals surface area contributed by atoms with Crippen molar-refractivity contribution in [2.24, 2.45) is 11.8 Å². The van der Waals surface area contributed by atoms with Crippen LogP contribution in [-0.4, -0.2) is 31.6 Å². The van der Waals surface area contributed by atoms with Gasteiger partial charge in [-0.15, -0.1) is 12.4 Å². The third kappa shape index (κ3) is 4.46. The standard InChI is InChI=1S/C18H26N2O2.ClH/c1-13-9-10-19-12-16(13)20-18(21)15-8-5-11-22-17(15)14-6-3-2-4-7-14;/h2-4,6-7,13,15-17,19H,5,8-12H2,1H3,(H,20,21);1H. The molecule has 2 fully saturated rings. The van der Waals surface area contributed by atoms with Gasteiger partial charge in [0.25, 0.3) is 0 Å². The number of piperidine rings is 1. The van der Waals surface area contributed by atoms with E-state index < -0.39 is 0 Å². The highest BCUT2D eigenvalue weighted by Crippen LogP contribution is 2.34. The second-order valence-electron chi connectivity index (χ2n) is 6.54. The Labute approximate surface area is 144 Å². The molecule has 3 rings (SSSR count). The van der Waals surface area contributed by atoms with Gasteiger partial charge in [-0.1, -0.05) is 37.3 Å². The van der Waals surface area contributed by atoms with Crippen LogP contribution in [0.2, 0.25) is 0 Å². The molecule has 4 unspecified atom stereocenters.